The van der Waals surface area contributed by atoms with Crippen molar-refractivity contribution in [3.8, 4) is 0 Å². The summed E-state index contributed by atoms with van der Waals surface area (Å²) in [6.07, 6.45) is 0. The number of fused-ring (bicyclic) bond motifs is 1. The lowest BCUT2D eigenvalue weighted by atomic mass is 10.1. The quantitative estimate of drug-likeness (QED) is 0.601. The average molecular weight is 235 g/mol. The topological polar surface area (TPSA) is 46.2 Å². The van der Waals surface area contributed by atoms with Gasteiger partial charge in [-0.1, -0.05) is 20.8 Å². The van der Waals surface area contributed by atoms with Gasteiger partial charge in [0.25, 0.3) is 11.7 Å². The molecule has 16 heavy (non-hydrogen) atoms. The van der Waals surface area contributed by atoms with E-state index >= 15 is 0 Å². The molecule has 1 aliphatic heterocycles. The van der Waals surface area contributed by atoms with Gasteiger partial charge < -0.3 is 5.32 Å². The van der Waals surface area contributed by atoms with E-state index in [0.29, 0.717) is 11.3 Å². The Labute approximate surface area is 98.6 Å². The van der Waals surface area contributed by atoms with Crippen molar-refractivity contribution in [3.05, 3.63) is 23.8 Å². The van der Waals surface area contributed by atoms with Crippen LogP contribution in [0.3, 0.4) is 0 Å². The van der Waals surface area contributed by atoms with Gasteiger partial charge in [-0.05, 0) is 18.2 Å². The second kappa shape index (κ2) is 3.63. The molecule has 1 heterocycles. The molecule has 1 amide bonds. The van der Waals surface area contributed by atoms with Gasteiger partial charge in [-0.3, -0.25) is 9.59 Å². The van der Waals surface area contributed by atoms with Gasteiger partial charge in [0.15, 0.2) is 0 Å². The molecule has 84 valence electrons. The van der Waals surface area contributed by atoms with Crippen molar-refractivity contribution in [3.63, 3.8) is 0 Å². The van der Waals surface area contributed by atoms with Crippen LogP contribution in [-0.2, 0) is 4.79 Å². The van der Waals surface area contributed by atoms with E-state index in [-0.39, 0.29) is 4.75 Å². The summed E-state index contributed by atoms with van der Waals surface area (Å²) in [5.74, 6) is -0.977. The molecule has 0 aliphatic carbocycles. The van der Waals surface area contributed by atoms with Gasteiger partial charge in [0.2, 0.25) is 0 Å². The lowest BCUT2D eigenvalue weighted by Crippen LogP contribution is -2.12. The van der Waals surface area contributed by atoms with Gasteiger partial charge in [0, 0.05) is 9.64 Å². The highest BCUT2D eigenvalue weighted by Gasteiger charge is 2.28. The van der Waals surface area contributed by atoms with Crippen LogP contribution in [0, 0.1) is 0 Å². The molecule has 0 saturated heterocycles. The van der Waals surface area contributed by atoms with Crippen LogP contribution in [0.1, 0.15) is 31.1 Å². The van der Waals surface area contributed by atoms with E-state index in [0.717, 1.165) is 4.90 Å². The monoisotopic (exact) mass is 235 g/mol. The number of hydrogen-bond donors (Lipinski definition) is 1. The molecule has 0 radical (unpaired) electrons. The van der Waals surface area contributed by atoms with Gasteiger partial charge in [-0.15, -0.1) is 11.8 Å². The fourth-order valence-corrected chi connectivity index (χ4v) is 2.56. The van der Waals surface area contributed by atoms with Crippen molar-refractivity contribution in [2.45, 2.75) is 30.4 Å². The summed E-state index contributed by atoms with van der Waals surface area (Å²) >= 11 is 1.71. The molecule has 1 aromatic rings. The van der Waals surface area contributed by atoms with Crippen molar-refractivity contribution >= 4 is 29.1 Å². The number of rotatable bonds is 1. The Morgan fingerprint density at radius 3 is 2.50 bits per heavy atom. The third-order valence-corrected chi connectivity index (χ3v) is 3.22. The molecule has 4 heteroatoms. The van der Waals surface area contributed by atoms with Crippen LogP contribution >= 0.6 is 11.8 Å². The summed E-state index contributed by atoms with van der Waals surface area (Å²) in [4.78, 5) is 23.6. The van der Waals surface area contributed by atoms with Gasteiger partial charge in [-0.2, -0.15) is 0 Å². The van der Waals surface area contributed by atoms with Crippen molar-refractivity contribution in [2.24, 2.45) is 0 Å². The molecule has 0 bridgehead atoms. The molecule has 2 rings (SSSR count). The smallest absolute Gasteiger partial charge is 0.296 e. The molecular formula is C12H13NO2S. The van der Waals surface area contributed by atoms with E-state index in [1.165, 1.54) is 0 Å². The SMILES string of the molecule is CC(C)(C)Sc1ccc2c(c1)NC(=O)C2=O. The minimum atomic E-state index is -0.534. The molecule has 3 nitrogen and oxygen atoms in total. The van der Waals surface area contributed by atoms with E-state index in [2.05, 4.69) is 26.1 Å². The molecule has 1 aromatic carbocycles. The van der Waals surface area contributed by atoms with E-state index in [4.69, 9.17) is 0 Å². The lowest BCUT2D eigenvalue weighted by molar-refractivity contribution is -0.112. The number of anilines is 1. The molecule has 0 unspecified atom stereocenters. The van der Waals surface area contributed by atoms with Crippen LogP contribution in [0.25, 0.3) is 0 Å². The minimum absolute atomic E-state index is 0.112. The van der Waals surface area contributed by atoms with Crippen LogP contribution in [-0.4, -0.2) is 16.4 Å². The number of nitrogens with one attached hydrogen (secondary N) is 1. The molecule has 0 spiro atoms. The second-order valence-corrected chi connectivity index (χ2v) is 6.61. The normalized spacial score (nSPS) is 14.9. The van der Waals surface area contributed by atoms with E-state index in [1.807, 2.05) is 12.1 Å². The number of hydrogen-bond acceptors (Lipinski definition) is 3. The molecule has 1 N–H and O–H groups in total. The van der Waals surface area contributed by atoms with E-state index < -0.39 is 11.7 Å². The van der Waals surface area contributed by atoms with Gasteiger partial charge >= 0.3 is 0 Å². The Morgan fingerprint density at radius 2 is 1.88 bits per heavy atom. The van der Waals surface area contributed by atoms with Gasteiger partial charge in [0.05, 0.1) is 11.3 Å². The molecule has 0 aromatic heterocycles. The molecule has 0 saturated carbocycles. The summed E-state index contributed by atoms with van der Waals surface area (Å²) in [6, 6.07) is 5.45. The summed E-state index contributed by atoms with van der Waals surface area (Å²) in [5.41, 5.74) is 1.10. The van der Waals surface area contributed by atoms with Gasteiger partial charge in [0.1, 0.15) is 0 Å². The van der Waals surface area contributed by atoms with Crippen LogP contribution in [0.4, 0.5) is 5.69 Å². The number of ketones is 1. The maximum Gasteiger partial charge on any atom is 0.296 e. The van der Waals surface area contributed by atoms with Crippen LogP contribution in [0.15, 0.2) is 23.1 Å². The first-order valence-corrected chi connectivity index (χ1v) is 5.87. The van der Waals surface area contributed by atoms with E-state index in [1.54, 1.807) is 17.8 Å². The molecule has 0 fully saturated rings. The summed E-state index contributed by atoms with van der Waals surface area (Å²) in [5, 5.41) is 2.57. The number of Topliss-reactive ketones (excluding diaryl/α,β-unsaturated/α-hetero) is 1. The highest BCUT2D eigenvalue weighted by molar-refractivity contribution is 8.00. The highest BCUT2D eigenvalue weighted by atomic mass is 32.2. The maximum atomic E-state index is 11.4. The molecular weight excluding hydrogens is 222 g/mol. The predicted octanol–water partition coefficient (Wildman–Crippen LogP) is 2.71. The zero-order chi connectivity index (χ0) is 11.9. The van der Waals surface area contributed by atoms with Crippen molar-refractivity contribution < 1.29 is 9.59 Å². The van der Waals surface area contributed by atoms with Crippen LogP contribution in [0.2, 0.25) is 0 Å². The number of carbonyl (C=O) groups excluding carboxylic acids is 2. The third kappa shape index (κ3) is 2.11. The Bertz CT molecular complexity index is 474. The Balaban J connectivity index is 2.32. The molecule has 0 atom stereocenters. The maximum absolute atomic E-state index is 11.4. The van der Waals surface area contributed by atoms with E-state index in [9.17, 15) is 9.59 Å². The third-order valence-electron chi connectivity index (χ3n) is 2.11. The summed E-state index contributed by atoms with van der Waals surface area (Å²) < 4.78 is 0.112. The summed E-state index contributed by atoms with van der Waals surface area (Å²) in [6.45, 7) is 6.36. The fourth-order valence-electron chi connectivity index (χ4n) is 1.54. The molecule has 1 aliphatic rings. The predicted molar refractivity (Wildman–Crippen MR) is 65.0 cm³/mol. The Morgan fingerprint density at radius 1 is 1.19 bits per heavy atom. The highest BCUT2D eigenvalue weighted by Crippen LogP contribution is 2.35. The average Bonchev–Trinajstić information content (AvgIpc) is 2.40. The van der Waals surface area contributed by atoms with Crippen LogP contribution in [0.5, 0.6) is 0 Å². The zero-order valence-electron chi connectivity index (χ0n) is 9.46. The van der Waals surface area contributed by atoms with Crippen molar-refractivity contribution in [2.75, 3.05) is 5.32 Å². The first-order chi connectivity index (χ1) is 7.37. The number of amides is 1. The van der Waals surface area contributed by atoms with Gasteiger partial charge in [-0.25, -0.2) is 0 Å². The lowest BCUT2D eigenvalue weighted by Gasteiger charge is -2.17. The Kier molecular flexibility index (Phi) is 2.54. The first-order valence-electron chi connectivity index (χ1n) is 5.05. The zero-order valence-corrected chi connectivity index (χ0v) is 10.3. The standard InChI is InChI=1S/C12H13NO2S/c1-12(2,3)16-7-4-5-8-9(6-7)13-11(15)10(8)14/h4-6H,1-3H3,(H,13,14,15). The fraction of sp³-hybridized carbons (Fsp3) is 0.333. The summed E-state index contributed by atoms with van der Waals surface area (Å²) in [7, 11) is 0. The minimum Gasteiger partial charge on any atom is -0.318 e. The number of thioether (sulfide) groups is 1. The van der Waals surface area contributed by atoms with Crippen molar-refractivity contribution in [1.29, 1.82) is 0 Å². The van der Waals surface area contributed by atoms with Crippen molar-refractivity contribution in [1.82, 2.24) is 0 Å². The van der Waals surface area contributed by atoms with Crippen LogP contribution < -0.4 is 5.32 Å². The number of benzene rings is 1. The largest absolute Gasteiger partial charge is 0.318 e. The second-order valence-electron chi connectivity index (χ2n) is 4.71. The Hall–Kier alpha value is -1.29. The first kappa shape index (κ1) is 11.2. The number of carbonyl (C=O) groups is 2.